The Labute approximate surface area is 820 Å². The molecule has 15 heterocycles. The van der Waals surface area contributed by atoms with Crippen LogP contribution in [0.25, 0.3) is 44.6 Å². The number of allylic oxidation sites excluding steroid dienone is 1. The first-order valence-corrected chi connectivity index (χ1v) is 49.4. The number of hydrogen-bond donors (Lipinski definition) is 1. The number of ether oxygens (including phenoxy) is 2. The molecular formula is C96H119BBr3ClN24O9S. The second-order valence-corrected chi connectivity index (χ2v) is 40.7. The highest BCUT2D eigenvalue weighted by Gasteiger charge is 2.52. The molecule has 39 heteroatoms. The van der Waals surface area contributed by atoms with Crippen molar-refractivity contribution in [3.63, 3.8) is 0 Å². The Balaban J connectivity index is 0.000000149. The number of nitriles is 3. The molecule has 0 radical (unpaired) electrons. The molecule has 0 atom stereocenters. The normalized spacial score (nSPS) is 15.8. The van der Waals surface area contributed by atoms with Crippen molar-refractivity contribution in [2.75, 3.05) is 119 Å². The largest absolute Gasteiger partial charge is 0.496 e. The zero-order valence-electron chi connectivity index (χ0n) is 80.3. The van der Waals surface area contributed by atoms with E-state index in [9.17, 15) is 38.6 Å². The van der Waals surface area contributed by atoms with E-state index in [1.165, 1.54) is 64.2 Å². The average molecular weight is 2070 g/mol. The Hall–Kier alpha value is -10.7. The van der Waals surface area contributed by atoms with Gasteiger partial charge in [0.25, 0.3) is 0 Å². The Kier molecular flexibility index (Phi) is 34.5. The van der Waals surface area contributed by atoms with Crippen LogP contribution in [0, 0.1) is 61.7 Å². The van der Waals surface area contributed by atoms with Crippen molar-refractivity contribution < 1.29 is 41.6 Å². The third-order valence-corrected chi connectivity index (χ3v) is 30.1. The van der Waals surface area contributed by atoms with Gasteiger partial charge in [0.05, 0.1) is 140 Å². The minimum atomic E-state index is -3.57. The molecule has 0 spiro atoms. The standard InChI is InChI=1S/C28H30N8O.C16H26N6.C16H15N3O2.C15H18BNO4.C9H15BrClN3O2S.C7H9BrN2.C5H6BrN/c1-17-25(23-5-4-12-36(23)33-17)21-15-18(6-7-19(21)16-29)26(37)28-30-22-8-9-24(31-27(22)32-28)35-13-10-20(11-14-35)34(2)3;1-19(2)12-22-11-17-14-5-6-15(18-16(14)22)21-9-7-13(8-10-21)20(3)4;1-10-15(14-4-3-7-19(14)18-10)13-8-11(16(20)21-2)5-6-12(13)9-17;1-14(2)15(3,4)21-16(20-14)12-8-10(13(18)19-5)6-7-11(12)9-17;1-7-9(10)8(5-4-6-11)14(12-7)17(15,16)13(2)3;1-5-7(8)6-3-2-4-10(6)9-5;1-4-5(6)2-3-7-4/h6-9,15,20H,4-5,10-14H2,1-3H3,(H,30,31,32);5-6,11,13H,7-10,12H2,1-4H3;5-6,8H,3-4,7H2,1-2H3;6-8H,1-5H3;4-6H2,1-3H3;2-4H2,1H3;2H,3H2,1H3. The second kappa shape index (κ2) is 45.1. The lowest BCUT2D eigenvalue weighted by molar-refractivity contribution is 0.00578. The number of carbonyl (C=O) groups is 3. The van der Waals surface area contributed by atoms with Gasteiger partial charge in [0, 0.05) is 133 Å². The van der Waals surface area contributed by atoms with Crippen molar-refractivity contribution in [3.05, 3.63) is 189 Å². The number of aromatic amines is 1. The number of halogens is 4. The molecule has 7 aliphatic rings. The summed E-state index contributed by atoms with van der Waals surface area (Å²) >= 11 is 15.9. The fourth-order valence-corrected chi connectivity index (χ4v) is 19.5. The molecule has 0 amide bonds. The Morgan fingerprint density at radius 1 is 0.600 bits per heavy atom. The number of pyridine rings is 2. The predicted molar refractivity (Wildman–Crippen MR) is 536 cm³/mol. The van der Waals surface area contributed by atoms with E-state index < -0.39 is 40.5 Å². The molecule has 18 rings (SSSR count). The van der Waals surface area contributed by atoms with Gasteiger partial charge >= 0.3 is 29.3 Å². The van der Waals surface area contributed by atoms with E-state index in [0.717, 1.165) is 200 Å². The summed E-state index contributed by atoms with van der Waals surface area (Å²) < 4.78 is 59.0. The van der Waals surface area contributed by atoms with Gasteiger partial charge in [-0.2, -0.15) is 48.9 Å². The lowest BCUT2D eigenvalue weighted by atomic mass is 9.75. The summed E-state index contributed by atoms with van der Waals surface area (Å²) in [6.45, 7) is 26.0. The average Bonchev–Trinajstić information content (AvgIpc) is 1.61. The van der Waals surface area contributed by atoms with Crippen LogP contribution in [-0.4, -0.2) is 258 Å². The maximum atomic E-state index is 13.5. The van der Waals surface area contributed by atoms with E-state index in [2.05, 4.69) is 201 Å². The number of aliphatic imine (C=N–C) groups is 1. The second-order valence-electron chi connectivity index (χ2n) is 35.9. The van der Waals surface area contributed by atoms with E-state index in [4.69, 9.17) is 40.4 Å². The smallest absolute Gasteiger partial charge is 0.465 e. The van der Waals surface area contributed by atoms with Crippen molar-refractivity contribution >= 4 is 140 Å². The van der Waals surface area contributed by atoms with Crippen molar-refractivity contribution in [2.45, 2.75) is 189 Å². The summed E-state index contributed by atoms with van der Waals surface area (Å²) in [7, 11) is 14.1. The molecule has 7 aliphatic heterocycles. The number of anilines is 2. The molecule has 8 aromatic heterocycles. The fraction of sp³-hybridized carbons (Fsp3) is 0.469. The zero-order chi connectivity index (χ0) is 97.8. The van der Waals surface area contributed by atoms with Gasteiger partial charge in [-0.15, -0.1) is 15.7 Å². The van der Waals surface area contributed by atoms with E-state index in [-0.39, 0.29) is 11.6 Å². The molecule has 0 aliphatic carbocycles. The summed E-state index contributed by atoms with van der Waals surface area (Å²) in [6.07, 6.45) is 16.2. The number of H-pyrrole nitrogens is 1. The van der Waals surface area contributed by atoms with Gasteiger partial charge in [-0.3, -0.25) is 28.7 Å². The predicted octanol–water partition coefficient (Wildman–Crippen LogP) is 14.7. The first-order chi connectivity index (χ1) is 64.2. The molecule has 0 unspecified atom stereocenters. The number of aryl methyl sites for hydroxylation is 7. The number of benzene rings is 3. The van der Waals surface area contributed by atoms with Gasteiger partial charge in [-0.1, -0.05) is 0 Å². The number of aromatic nitrogens is 14. The zero-order valence-corrected chi connectivity index (χ0v) is 86.7. The number of methoxy groups -OCH3 is 2. The number of nitrogens with one attached hydrogen (secondary N) is 1. The number of imidazole rings is 2. The highest BCUT2D eigenvalue weighted by Crippen LogP contribution is 2.40. The molecule has 3 fully saturated rings. The maximum absolute atomic E-state index is 13.5. The van der Waals surface area contributed by atoms with Crippen molar-refractivity contribution in [1.82, 2.24) is 87.0 Å². The van der Waals surface area contributed by atoms with Crippen molar-refractivity contribution in [1.29, 1.82) is 15.8 Å². The molecule has 3 aromatic carbocycles. The van der Waals surface area contributed by atoms with Crippen molar-refractivity contribution in [3.8, 4) is 40.5 Å². The first-order valence-electron chi connectivity index (χ1n) is 45.1. The third-order valence-electron chi connectivity index (χ3n) is 25.3. The topological polar surface area (TPSA) is 369 Å². The summed E-state index contributed by atoms with van der Waals surface area (Å²) in [4.78, 5) is 74.2. The van der Waals surface area contributed by atoms with Crippen LogP contribution in [0.5, 0.6) is 0 Å². The molecule has 11 aromatic rings. The monoisotopic (exact) mass is 2070 g/mol. The SMILES string of the molecule is CC1=NCC=C1Br.CN(C)Cn1cnc2ccc(N3CCC(N(C)C)CC3)nc21.COC(=O)c1ccc(C#N)c(-c2c(C)nn3c2CCC3)c1.COC(=O)c1ccc(C#N)c(B2OC(C)(C)C(C)(C)O2)c1.Cc1nn(S(=O)(=O)N(C)C)c(CCCCl)c1Br.Cc1nn2c(c1-c1cc(C(=O)c3nc4nc(N5CCC(N(C)C)CC5)ccc4[nH]3)ccc1C#N)CCC2.Cc1nn2c(c1Br)CCC2. The van der Waals surface area contributed by atoms with Gasteiger partial charge in [0.2, 0.25) is 5.78 Å². The van der Waals surface area contributed by atoms with Gasteiger partial charge in [0.15, 0.2) is 17.1 Å². The van der Waals surface area contributed by atoms with Crippen LogP contribution in [0.3, 0.4) is 0 Å². The molecule has 33 nitrogen and oxygen atoms in total. The van der Waals surface area contributed by atoms with E-state index >= 15 is 0 Å². The Morgan fingerprint density at radius 3 is 1.56 bits per heavy atom. The molecule has 1 N–H and O–H groups in total. The first kappa shape index (κ1) is 103. The Bertz CT molecular complexity index is 6460. The van der Waals surface area contributed by atoms with E-state index in [1.807, 2.05) is 89.3 Å². The number of hydrogen-bond acceptors (Lipinski definition) is 26. The summed E-state index contributed by atoms with van der Waals surface area (Å²) in [5.74, 6) is 1.61. The number of esters is 2. The van der Waals surface area contributed by atoms with E-state index in [1.54, 1.807) is 55.5 Å². The number of fused-ring (bicyclic) bond motifs is 5. The van der Waals surface area contributed by atoms with E-state index in [0.29, 0.717) is 86.7 Å². The Morgan fingerprint density at radius 2 is 1.08 bits per heavy atom. The maximum Gasteiger partial charge on any atom is 0.496 e. The van der Waals surface area contributed by atoms with Crippen LogP contribution in [0.15, 0.2) is 110 Å². The molecule has 3 saturated heterocycles. The molecule has 135 heavy (non-hydrogen) atoms. The molecule has 0 bridgehead atoms. The number of ketones is 1. The third kappa shape index (κ3) is 23.8. The fourth-order valence-electron chi connectivity index (χ4n) is 17.1. The lowest BCUT2D eigenvalue weighted by Gasteiger charge is -2.35. The van der Waals surface area contributed by atoms with Crippen molar-refractivity contribution in [2.24, 2.45) is 4.99 Å². The quantitative estimate of drug-likeness (QED) is 0.0361. The van der Waals surface area contributed by atoms with Crippen LogP contribution >= 0.6 is 59.4 Å². The van der Waals surface area contributed by atoms with Crippen LogP contribution in [0.4, 0.5) is 11.6 Å². The number of rotatable bonds is 18. The van der Waals surface area contributed by atoms with Crippen LogP contribution in [-0.2, 0) is 81.0 Å². The lowest BCUT2D eigenvalue weighted by Crippen LogP contribution is -2.42. The molecular weight excluding hydrogens is 1950 g/mol. The molecule has 0 saturated carbocycles. The summed E-state index contributed by atoms with van der Waals surface area (Å²) in [5.41, 5.74) is 17.9. The summed E-state index contributed by atoms with van der Waals surface area (Å²) in [6, 6.07) is 31.0. The molecule has 714 valence electrons. The minimum Gasteiger partial charge on any atom is -0.465 e. The number of carbonyl (C=O) groups excluding carboxylic acids is 3. The van der Waals surface area contributed by atoms with Gasteiger partial charge in [-0.05, 0) is 314 Å². The van der Waals surface area contributed by atoms with Crippen LogP contribution in [0.1, 0.15) is 185 Å². The highest BCUT2D eigenvalue weighted by molar-refractivity contribution is 9.12. The highest BCUT2D eigenvalue weighted by atomic mass is 79.9. The summed E-state index contributed by atoms with van der Waals surface area (Å²) in [5, 5.41) is 46.0. The van der Waals surface area contributed by atoms with Crippen LogP contribution in [0.2, 0.25) is 0 Å². The van der Waals surface area contributed by atoms with Gasteiger partial charge < -0.3 is 47.9 Å². The van der Waals surface area contributed by atoms with Gasteiger partial charge in [0.1, 0.15) is 17.2 Å². The number of alkyl halides is 1. The number of piperidine rings is 2. The minimum absolute atomic E-state index is 0.224. The van der Waals surface area contributed by atoms with Gasteiger partial charge in [-0.25, -0.2) is 29.5 Å². The number of nitrogens with zero attached hydrogens (tertiary/aromatic N) is 23. The van der Waals surface area contributed by atoms with Crippen LogP contribution < -0.4 is 15.3 Å².